The molecule has 7 heteroatoms. The van der Waals surface area contributed by atoms with E-state index in [9.17, 15) is 14.7 Å². The van der Waals surface area contributed by atoms with E-state index in [1.165, 1.54) is 6.07 Å². The molecule has 2 aromatic carbocycles. The first-order chi connectivity index (χ1) is 11.6. The molecular formula is C17H13ClN2O4. The molecule has 0 aromatic heterocycles. The minimum absolute atomic E-state index is 0.0260. The Balaban J connectivity index is 1.82. The van der Waals surface area contributed by atoms with E-state index in [-0.39, 0.29) is 16.5 Å². The molecule has 1 aliphatic heterocycles. The number of rotatable bonds is 4. The number of amides is 1. The monoisotopic (exact) mass is 344 g/mol. The number of nitrogens with one attached hydrogen (secondary N) is 2. The van der Waals surface area contributed by atoms with Crippen molar-refractivity contribution in [1.82, 2.24) is 5.32 Å². The molecule has 0 bridgehead atoms. The highest BCUT2D eigenvalue weighted by Gasteiger charge is 2.35. The molecule has 1 amide bonds. The summed E-state index contributed by atoms with van der Waals surface area (Å²) in [4.78, 5) is 24.0. The molecule has 24 heavy (non-hydrogen) atoms. The Hall–Kier alpha value is -2.99. The van der Waals surface area contributed by atoms with Gasteiger partial charge in [-0.05, 0) is 24.3 Å². The predicted molar refractivity (Wildman–Crippen MR) is 88.4 cm³/mol. The summed E-state index contributed by atoms with van der Waals surface area (Å²) in [5.74, 6) is -1.20. The van der Waals surface area contributed by atoms with Crippen LogP contribution in [0.4, 0.5) is 5.69 Å². The van der Waals surface area contributed by atoms with Crippen molar-refractivity contribution >= 4 is 29.2 Å². The number of hydrogen-bond acceptors (Lipinski definition) is 5. The lowest BCUT2D eigenvalue weighted by atomic mass is 10.2. The van der Waals surface area contributed by atoms with E-state index < -0.39 is 18.1 Å². The van der Waals surface area contributed by atoms with Crippen LogP contribution in [-0.2, 0) is 9.53 Å². The Bertz CT molecular complexity index is 820. The molecule has 0 saturated carbocycles. The number of hydrogen-bond donors (Lipinski definition) is 3. The highest BCUT2D eigenvalue weighted by atomic mass is 35.5. The van der Waals surface area contributed by atoms with Crippen LogP contribution in [0.25, 0.3) is 0 Å². The van der Waals surface area contributed by atoms with Crippen molar-refractivity contribution in [1.29, 1.82) is 0 Å². The number of carbonyl (C=O) groups excluding carboxylic acids is 2. The van der Waals surface area contributed by atoms with E-state index in [0.717, 1.165) is 0 Å². The maximum Gasteiger partial charge on any atom is 0.354 e. The quantitative estimate of drug-likeness (QED) is 0.586. The van der Waals surface area contributed by atoms with Crippen molar-refractivity contribution in [3.8, 4) is 5.75 Å². The summed E-state index contributed by atoms with van der Waals surface area (Å²) in [5, 5.41) is 15.1. The van der Waals surface area contributed by atoms with Gasteiger partial charge in [0, 0.05) is 5.56 Å². The zero-order valence-corrected chi connectivity index (χ0v) is 13.1. The summed E-state index contributed by atoms with van der Waals surface area (Å²) in [6, 6.07) is 14.9. The van der Waals surface area contributed by atoms with Crippen molar-refractivity contribution in [3.05, 3.63) is 70.9 Å². The van der Waals surface area contributed by atoms with Gasteiger partial charge in [-0.15, -0.1) is 0 Å². The SMILES string of the molecule is O=C1OC(NC(=O)c2ccccc2)C(Nc2ccccc2O)=C1Cl. The van der Waals surface area contributed by atoms with Crippen molar-refractivity contribution in [3.63, 3.8) is 0 Å². The Morgan fingerprint density at radius 3 is 2.46 bits per heavy atom. The lowest BCUT2D eigenvalue weighted by Crippen LogP contribution is -2.38. The number of cyclic esters (lactones) is 1. The molecule has 0 radical (unpaired) electrons. The number of carbonyl (C=O) groups is 2. The number of phenols is 1. The summed E-state index contributed by atoms with van der Waals surface area (Å²) < 4.78 is 5.07. The average Bonchev–Trinajstić information content (AvgIpc) is 2.85. The van der Waals surface area contributed by atoms with Gasteiger partial charge in [-0.3, -0.25) is 4.79 Å². The normalized spacial score (nSPS) is 16.7. The van der Waals surface area contributed by atoms with Crippen LogP contribution in [0.1, 0.15) is 10.4 Å². The standard InChI is InChI=1S/C17H13ClN2O4/c18-13-14(19-11-8-4-5-9-12(11)21)16(24-17(13)23)20-15(22)10-6-2-1-3-7-10/h1-9,16,19,21H,(H,20,22). The molecule has 0 saturated heterocycles. The van der Waals surface area contributed by atoms with E-state index in [2.05, 4.69) is 10.6 Å². The topological polar surface area (TPSA) is 87.7 Å². The smallest absolute Gasteiger partial charge is 0.354 e. The Labute approximate surface area is 142 Å². The van der Waals surface area contributed by atoms with Gasteiger partial charge in [0.2, 0.25) is 6.23 Å². The second kappa shape index (κ2) is 6.64. The fourth-order valence-corrected chi connectivity index (χ4v) is 2.37. The number of esters is 1. The van der Waals surface area contributed by atoms with Crippen LogP contribution in [0.3, 0.4) is 0 Å². The number of aromatic hydroxyl groups is 1. The van der Waals surface area contributed by atoms with Gasteiger partial charge < -0.3 is 20.5 Å². The molecule has 1 heterocycles. The van der Waals surface area contributed by atoms with Crippen molar-refractivity contribution in [2.75, 3.05) is 5.32 Å². The number of anilines is 1. The van der Waals surface area contributed by atoms with Gasteiger partial charge >= 0.3 is 5.97 Å². The lowest BCUT2D eigenvalue weighted by Gasteiger charge is -2.17. The molecule has 1 unspecified atom stereocenters. The van der Waals surface area contributed by atoms with Gasteiger partial charge in [0.05, 0.1) is 5.69 Å². The van der Waals surface area contributed by atoms with Crippen LogP contribution < -0.4 is 10.6 Å². The number of phenolic OH excluding ortho intramolecular Hbond substituents is 1. The van der Waals surface area contributed by atoms with Crippen molar-refractivity contribution in [2.24, 2.45) is 0 Å². The van der Waals surface area contributed by atoms with Crippen LogP contribution in [0.5, 0.6) is 5.75 Å². The molecule has 0 fully saturated rings. The molecule has 122 valence electrons. The second-order valence-electron chi connectivity index (χ2n) is 4.99. The van der Waals surface area contributed by atoms with Gasteiger partial charge in [-0.1, -0.05) is 41.9 Å². The highest BCUT2D eigenvalue weighted by molar-refractivity contribution is 6.42. The van der Waals surface area contributed by atoms with Gasteiger partial charge in [-0.2, -0.15) is 0 Å². The van der Waals surface area contributed by atoms with E-state index >= 15 is 0 Å². The molecule has 2 aromatic rings. The number of ether oxygens (including phenoxy) is 1. The maximum atomic E-state index is 12.2. The summed E-state index contributed by atoms with van der Waals surface area (Å²) in [5.41, 5.74) is 0.911. The zero-order valence-electron chi connectivity index (χ0n) is 12.3. The summed E-state index contributed by atoms with van der Waals surface area (Å²) in [6.45, 7) is 0. The number of benzene rings is 2. The van der Waals surface area contributed by atoms with Gasteiger partial charge in [-0.25, -0.2) is 4.79 Å². The lowest BCUT2D eigenvalue weighted by molar-refractivity contribution is -0.139. The van der Waals surface area contributed by atoms with Gasteiger partial charge in [0.15, 0.2) is 5.03 Å². The molecule has 1 atom stereocenters. The summed E-state index contributed by atoms with van der Waals surface area (Å²) in [6.07, 6.45) is -1.07. The molecule has 0 aliphatic carbocycles. The third-order valence-corrected chi connectivity index (χ3v) is 3.73. The minimum atomic E-state index is -1.07. The van der Waals surface area contributed by atoms with Crippen LogP contribution in [-0.4, -0.2) is 23.2 Å². The third-order valence-electron chi connectivity index (χ3n) is 3.37. The van der Waals surface area contributed by atoms with Gasteiger partial charge in [0.25, 0.3) is 5.91 Å². The zero-order chi connectivity index (χ0) is 17.1. The van der Waals surface area contributed by atoms with Crippen LogP contribution in [0.15, 0.2) is 65.3 Å². The van der Waals surface area contributed by atoms with Crippen molar-refractivity contribution < 1.29 is 19.4 Å². The van der Waals surface area contributed by atoms with Crippen LogP contribution in [0, 0.1) is 0 Å². The first-order valence-corrected chi connectivity index (χ1v) is 7.45. The fraction of sp³-hybridized carbons (Fsp3) is 0.0588. The van der Waals surface area contributed by atoms with E-state index in [4.69, 9.17) is 16.3 Å². The molecule has 3 rings (SSSR count). The molecule has 1 aliphatic rings. The largest absolute Gasteiger partial charge is 0.506 e. The minimum Gasteiger partial charge on any atom is -0.506 e. The second-order valence-corrected chi connectivity index (χ2v) is 5.37. The molecule has 0 spiro atoms. The fourth-order valence-electron chi connectivity index (χ4n) is 2.18. The van der Waals surface area contributed by atoms with E-state index in [0.29, 0.717) is 11.3 Å². The Morgan fingerprint density at radius 2 is 1.75 bits per heavy atom. The first kappa shape index (κ1) is 15.9. The Morgan fingerprint density at radius 1 is 1.08 bits per heavy atom. The molecular weight excluding hydrogens is 332 g/mol. The third kappa shape index (κ3) is 3.18. The maximum absolute atomic E-state index is 12.2. The summed E-state index contributed by atoms with van der Waals surface area (Å²) >= 11 is 5.96. The van der Waals surface area contributed by atoms with E-state index in [1.54, 1.807) is 48.5 Å². The Kier molecular flexibility index (Phi) is 4.39. The number of halogens is 1. The average molecular weight is 345 g/mol. The number of para-hydroxylation sites is 2. The van der Waals surface area contributed by atoms with Crippen LogP contribution in [0.2, 0.25) is 0 Å². The first-order valence-electron chi connectivity index (χ1n) is 7.08. The van der Waals surface area contributed by atoms with E-state index in [1.807, 2.05) is 0 Å². The molecule has 6 nitrogen and oxygen atoms in total. The summed E-state index contributed by atoms with van der Waals surface area (Å²) in [7, 11) is 0. The van der Waals surface area contributed by atoms with Crippen molar-refractivity contribution in [2.45, 2.75) is 6.23 Å². The highest BCUT2D eigenvalue weighted by Crippen LogP contribution is 2.30. The molecule has 3 N–H and O–H groups in total. The predicted octanol–water partition coefficient (Wildman–Crippen LogP) is 2.57. The van der Waals surface area contributed by atoms with Gasteiger partial charge in [0.1, 0.15) is 11.4 Å². The van der Waals surface area contributed by atoms with Crippen LogP contribution >= 0.6 is 11.6 Å².